The van der Waals surface area contributed by atoms with E-state index in [1.165, 1.54) is 128 Å². The molecule has 6 heteroatoms. The van der Waals surface area contributed by atoms with Crippen LogP contribution in [0.25, 0.3) is 0 Å². The Hall–Kier alpha value is -4.19. The van der Waals surface area contributed by atoms with Crippen molar-refractivity contribution in [1.82, 2.24) is 0 Å². The SMILES string of the molecule is CC/C=C\C/C=C\C/C=C\C/C=C\C/C=C\C/C=C\CCC(=O)O[C@H](COC(=O)CCCCCC/C=C\C/C=C\C/C=C\CCCCC)COC(=O)CCCCCCCCCCCCC/C=C\CCCCCCCC. The molecule has 0 fully saturated rings. The fourth-order valence-corrected chi connectivity index (χ4v) is 8.29. The minimum absolute atomic E-state index is 0.118. The van der Waals surface area contributed by atoms with E-state index >= 15 is 0 Å². The van der Waals surface area contributed by atoms with E-state index in [-0.39, 0.29) is 31.6 Å². The largest absolute Gasteiger partial charge is 0.462 e. The first kappa shape index (κ1) is 70.8. The van der Waals surface area contributed by atoms with Crippen molar-refractivity contribution in [1.29, 1.82) is 0 Å². The maximum atomic E-state index is 12.9. The first-order chi connectivity index (χ1) is 37.0. The van der Waals surface area contributed by atoms with Gasteiger partial charge in [-0.1, -0.05) is 258 Å². The van der Waals surface area contributed by atoms with Gasteiger partial charge in [-0.05, 0) is 122 Å². The Bertz CT molecular complexity index is 1570. The predicted molar refractivity (Wildman–Crippen MR) is 325 cm³/mol. The average molecular weight is 1040 g/mol. The molecular formula is C69H114O6. The maximum absolute atomic E-state index is 12.9. The maximum Gasteiger partial charge on any atom is 0.306 e. The van der Waals surface area contributed by atoms with E-state index in [9.17, 15) is 14.4 Å². The Morgan fingerprint density at radius 1 is 0.280 bits per heavy atom. The molecule has 0 aromatic carbocycles. The van der Waals surface area contributed by atoms with Crippen molar-refractivity contribution in [3.05, 3.63) is 122 Å². The van der Waals surface area contributed by atoms with Crippen LogP contribution in [0.4, 0.5) is 0 Å². The van der Waals surface area contributed by atoms with Crippen LogP contribution in [-0.2, 0) is 28.6 Å². The number of allylic oxidation sites excluding steroid dienone is 20. The van der Waals surface area contributed by atoms with Gasteiger partial charge in [0.25, 0.3) is 0 Å². The van der Waals surface area contributed by atoms with E-state index in [0.717, 1.165) is 103 Å². The summed E-state index contributed by atoms with van der Waals surface area (Å²) >= 11 is 0. The van der Waals surface area contributed by atoms with Crippen LogP contribution in [0.2, 0.25) is 0 Å². The Balaban J connectivity index is 4.52. The van der Waals surface area contributed by atoms with Crippen molar-refractivity contribution in [2.24, 2.45) is 0 Å². The van der Waals surface area contributed by atoms with E-state index in [1.54, 1.807) is 0 Å². The van der Waals surface area contributed by atoms with Gasteiger partial charge in [-0.25, -0.2) is 0 Å². The Kier molecular flexibility index (Phi) is 58.9. The molecule has 426 valence electrons. The topological polar surface area (TPSA) is 78.9 Å². The van der Waals surface area contributed by atoms with Crippen LogP contribution in [-0.4, -0.2) is 37.2 Å². The zero-order chi connectivity index (χ0) is 54.3. The second-order valence-corrected chi connectivity index (χ2v) is 20.2. The Morgan fingerprint density at radius 3 is 0.907 bits per heavy atom. The number of ether oxygens (including phenoxy) is 3. The predicted octanol–water partition coefficient (Wildman–Crippen LogP) is 21.2. The Morgan fingerprint density at radius 2 is 0.547 bits per heavy atom. The molecule has 0 amide bonds. The van der Waals surface area contributed by atoms with Crippen LogP contribution in [0.15, 0.2) is 122 Å². The number of unbranched alkanes of at least 4 members (excludes halogenated alkanes) is 24. The van der Waals surface area contributed by atoms with Crippen LogP contribution in [0.3, 0.4) is 0 Å². The standard InChI is InChI=1S/C69H114O6/c1-4-7-10-13-16-19-22-25-28-31-33-34-36-38-41-44-47-50-53-56-59-62-68(71)74-65-66(64-73-67(70)61-58-55-52-49-46-43-40-37-30-27-24-21-18-15-12-9-6-3)75-69(72)63-60-57-54-51-48-45-42-39-35-32-29-26-23-20-17-14-11-8-5-2/h8,11,17-18,20-21,25-30,35,39-40,43,45,48,54,57,66H,4-7,9-10,12-16,19,22-24,31-34,36-38,41-42,44,46-47,49-53,55-56,58-65H2,1-3H3/b11-8-,20-17-,21-18-,28-25-,29-26-,30-27-,39-35-,43-40-,48-45-,57-54-/t66-/m1/s1. The molecule has 0 aliphatic carbocycles. The third kappa shape index (κ3) is 60.6. The average Bonchev–Trinajstić information content (AvgIpc) is 3.41. The number of esters is 3. The number of hydrogen-bond acceptors (Lipinski definition) is 6. The fraction of sp³-hybridized carbons (Fsp3) is 0.667. The highest BCUT2D eigenvalue weighted by Gasteiger charge is 2.19. The summed E-state index contributed by atoms with van der Waals surface area (Å²) in [6.07, 6.45) is 86.4. The van der Waals surface area contributed by atoms with Crippen molar-refractivity contribution in [3.63, 3.8) is 0 Å². The van der Waals surface area contributed by atoms with Gasteiger partial charge in [0, 0.05) is 19.3 Å². The van der Waals surface area contributed by atoms with Gasteiger partial charge in [-0.3, -0.25) is 14.4 Å². The first-order valence-corrected chi connectivity index (χ1v) is 31.0. The lowest BCUT2D eigenvalue weighted by molar-refractivity contribution is -0.166. The molecule has 0 saturated heterocycles. The molecular weight excluding hydrogens is 925 g/mol. The molecule has 0 rings (SSSR count). The van der Waals surface area contributed by atoms with E-state index in [0.29, 0.717) is 19.3 Å². The van der Waals surface area contributed by atoms with Gasteiger partial charge in [0.1, 0.15) is 13.2 Å². The van der Waals surface area contributed by atoms with Crippen LogP contribution in [0.1, 0.15) is 278 Å². The molecule has 75 heavy (non-hydrogen) atoms. The molecule has 0 saturated carbocycles. The summed E-state index contributed by atoms with van der Waals surface area (Å²) in [5.41, 5.74) is 0. The monoisotopic (exact) mass is 1040 g/mol. The van der Waals surface area contributed by atoms with E-state index in [2.05, 4.69) is 136 Å². The van der Waals surface area contributed by atoms with E-state index in [1.807, 2.05) is 6.08 Å². The van der Waals surface area contributed by atoms with Gasteiger partial charge < -0.3 is 14.2 Å². The van der Waals surface area contributed by atoms with Crippen molar-refractivity contribution in [2.45, 2.75) is 284 Å². The molecule has 0 bridgehead atoms. The normalized spacial score (nSPS) is 12.9. The summed E-state index contributed by atoms with van der Waals surface area (Å²) in [6.45, 7) is 6.42. The van der Waals surface area contributed by atoms with Gasteiger partial charge in [0.2, 0.25) is 0 Å². The van der Waals surface area contributed by atoms with E-state index in [4.69, 9.17) is 14.2 Å². The second-order valence-electron chi connectivity index (χ2n) is 20.2. The highest BCUT2D eigenvalue weighted by atomic mass is 16.6. The van der Waals surface area contributed by atoms with Gasteiger partial charge >= 0.3 is 17.9 Å². The Labute approximate surface area is 462 Å². The molecule has 0 radical (unpaired) electrons. The summed E-state index contributed by atoms with van der Waals surface area (Å²) in [6, 6.07) is 0. The molecule has 0 spiro atoms. The minimum atomic E-state index is -0.833. The van der Waals surface area contributed by atoms with Crippen LogP contribution < -0.4 is 0 Å². The van der Waals surface area contributed by atoms with Crippen LogP contribution in [0, 0.1) is 0 Å². The first-order valence-electron chi connectivity index (χ1n) is 31.0. The molecule has 0 unspecified atom stereocenters. The van der Waals surface area contributed by atoms with Crippen molar-refractivity contribution in [3.8, 4) is 0 Å². The molecule has 0 aromatic heterocycles. The van der Waals surface area contributed by atoms with Gasteiger partial charge in [0.15, 0.2) is 6.10 Å². The quantitative estimate of drug-likeness (QED) is 0.0261. The number of carbonyl (C=O) groups excluding carboxylic acids is 3. The molecule has 1 atom stereocenters. The van der Waals surface area contributed by atoms with Crippen molar-refractivity contribution >= 4 is 17.9 Å². The number of rotatable bonds is 55. The zero-order valence-corrected chi connectivity index (χ0v) is 48.8. The van der Waals surface area contributed by atoms with Crippen molar-refractivity contribution < 1.29 is 28.6 Å². The van der Waals surface area contributed by atoms with Gasteiger partial charge in [0.05, 0.1) is 0 Å². The smallest absolute Gasteiger partial charge is 0.306 e. The fourth-order valence-electron chi connectivity index (χ4n) is 8.29. The lowest BCUT2D eigenvalue weighted by Crippen LogP contribution is -2.30. The second kappa shape index (κ2) is 62.4. The molecule has 0 N–H and O–H groups in total. The third-order valence-electron chi connectivity index (χ3n) is 12.9. The minimum Gasteiger partial charge on any atom is -0.462 e. The molecule has 0 aliphatic rings. The lowest BCUT2D eigenvalue weighted by atomic mass is 10.0. The summed E-state index contributed by atoms with van der Waals surface area (Å²) in [4.78, 5) is 38.3. The highest BCUT2D eigenvalue weighted by molar-refractivity contribution is 5.71. The van der Waals surface area contributed by atoms with Crippen LogP contribution >= 0.6 is 0 Å². The van der Waals surface area contributed by atoms with Gasteiger partial charge in [-0.2, -0.15) is 0 Å². The number of hydrogen-bond donors (Lipinski definition) is 0. The summed E-state index contributed by atoms with van der Waals surface area (Å²) < 4.78 is 16.8. The zero-order valence-electron chi connectivity index (χ0n) is 48.8. The summed E-state index contributed by atoms with van der Waals surface area (Å²) in [5, 5.41) is 0. The molecule has 0 heterocycles. The lowest BCUT2D eigenvalue weighted by Gasteiger charge is -2.18. The number of carbonyl (C=O) groups is 3. The van der Waals surface area contributed by atoms with E-state index < -0.39 is 12.1 Å². The molecule has 0 aliphatic heterocycles. The third-order valence-corrected chi connectivity index (χ3v) is 12.9. The summed E-state index contributed by atoms with van der Waals surface area (Å²) in [5.74, 6) is -1.02. The molecule has 6 nitrogen and oxygen atoms in total. The molecule has 0 aromatic rings. The van der Waals surface area contributed by atoms with Crippen molar-refractivity contribution in [2.75, 3.05) is 13.2 Å². The van der Waals surface area contributed by atoms with Crippen LogP contribution in [0.5, 0.6) is 0 Å². The summed E-state index contributed by atoms with van der Waals surface area (Å²) in [7, 11) is 0. The highest BCUT2D eigenvalue weighted by Crippen LogP contribution is 2.15. The van der Waals surface area contributed by atoms with Gasteiger partial charge in [-0.15, -0.1) is 0 Å².